The van der Waals surface area contributed by atoms with Gasteiger partial charge in [0.25, 0.3) is 5.91 Å². The van der Waals surface area contributed by atoms with Gasteiger partial charge in [0.05, 0.1) is 11.4 Å². The molecule has 1 N–H and O–H groups in total. The van der Waals surface area contributed by atoms with Gasteiger partial charge < -0.3 is 9.84 Å². The van der Waals surface area contributed by atoms with Crippen molar-refractivity contribution < 1.29 is 9.32 Å². The molecule has 8 heteroatoms. The summed E-state index contributed by atoms with van der Waals surface area (Å²) in [5.41, 5.74) is 1.69. The highest BCUT2D eigenvalue weighted by molar-refractivity contribution is 7.13. The molecule has 0 spiro atoms. The summed E-state index contributed by atoms with van der Waals surface area (Å²) in [6, 6.07) is 3.46. The fraction of sp³-hybridized carbons (Fsp3) is 0.353. The molecule has 3 heterocycles. The summed E-state index contributed by atoms with van der Waals surface area (Å²) >= 11 is 1.49. The van der Waals surface area contributed by atoms with Crippen LogP contribution in [0.5, 0.6) is 0 Å². The monoisotopic (exact) mass is 357 g/mol. The van der Waals surface area contributed by atoms with Gasteiger partial charge in [-0.1, -0.05) is 19.0 Å². The van der Waals surface area contributed by atoms with Gasteiger partial charge in [-0.05, 0) is 18.4 Å². The first-order valence-corrected chi connectivity index (χ1v) is 8.95. The molecule has 0 aromatic carbocycles. The Morgan fingerprint density at radius 1 is 1.28 bits per heavy atom. The molecule has 25 heavy (non-hydrogen) atoms. The van der Waals surface area contributed by atoms with Gasteiger partial charge in [-0.2, -0.15) is 0 Å². The standard InChI is InChI=1S/C17H19N5O2S/c1-11(2)8-13-9-14(24-22-13)16(23)20-7-4-12-10-25-17(21-12)15-18-5-3-6-19-15/h3,5-6,9-11H,4,7-8H2,1-2H3,(H,20,23). The fourth-order valence-corrected chi connectivity index (χ4v) is 3.06. The van der Waals surface area contributed by atoms with Crippen molar-refractivity contribution in [3.8, 4) is 10.8 Å². The van der Waals surface area contributed by atoms with E-state index >= 15 is 0 Å². The molecule has 0 aliphatic heterocycles. The SMILES string of the molecule is CC(C)Cc1cc(C(=O)NCCc2csc(-c3ncccn3)n2)on1. The lowest BCUT2D eigenvalue weighted by atomic mass is 10.1. The highest BCUT2D eigenvalue weighted by Crippen LogP contribution is 2.19. The topological polar surface area (TPSA) is 93.8 Å². The minimum atomic E-state index is -0.260. The maximum absolute atomic E-state index is 12.1. The summed E-state index contributed by atoms with van der Waals surface area (Å²) in [6.45, 7) is 4.66. The molecule has 3 rings (SSSR count). The van der Waals surface area contributed by atoms with Crippen LogP contribution < -0.4 is 5.32 Å². The minimum Gasteiger partial charge on any atom is -0.351 e. The van der Waals surface area contributed by atoms with Crippen molar-refractivity contribution in [3.63, 3.8) is 0 Å². The average molecular weight is 357 g/mol. The van der Waals surface area contributed by atoms with Crippen LogP contribution in [0, 0.1) is 5.92 Å². The number of nitrogens with zero attached hydrogens (tertiary/aromatic N) is 4. The number of hydrogen-bond acceptors (Lipinski definition) is 7. The number of hydrogen-bond donors (Lipinski definition) is 1. The van der Waals surface area contributed by atoms with Crippen LogP contribution in [-0.4, -0.2) is 32.6 Å². The van der Waals surface area contributed by atoms with E-state index in [0.29, 0.717) is 24.7 Å². The van der Waals surface area contributed by atoms with Gasteiger partial charge in [0.2, 0.25) is 5.76 Å². The van der Waals surface area contributed by atoms with E-state index in [2.05, 4.69) is 39.3 Å². The summed E-state index contributed by atoms with van der Waals surface area (Å²) in [4.78, 5) is 24.9. The van der Waals surface area contributed by atoms with Crippen LogP contribution in [0.4, 0.5) is 0 Å². The predicted octanol–water partition coefficient (Wildman–Crippen LogP) is 2.76. The van der Waals surface area contributed by atoms with E-state index in [9.17, 15) is 4.79 Å². The zero-order valence-electron chi connectivity index (χ0n) is 14.1. The molecule has 3 aromatic rings. The van der Waals surface area contributed by atoms with Gasteiger partial charge in [-0.25, -0.2) is 15.0 Å². The van der Waals surface area contributed by atoms with Crippen molar-refractivity contribution in [3.05, 3.63) is 47.1 Å². The number of carbonyl (C=O) groups is 1. The number of nitrogens with one attached hydrogen (secondary N) is 1. The molecule has 0 saturated heterocycles. The minimum absolute atomic E-state index is 0.243. The molecular weight excluding hydrogens is 338 g/mol. The zero-order valence-corrected chi connectivity index (χ0v) is 14.9. The average Bonchev–Trinajstić information content (AvgIpc) is 3.25. The number of rotatable bonds is 7. The first-order valence-electron chi connectivity index (χ1n) is 8.07. The Hall–Kier alpha value is -2.61. The van der Waals surface area contributed by atoms with Crippen LogP contribution in [0.15, 0.2) is 34.4 Å². The van der Waals surface area contributed by atoms with Crippen molar-refractivity contribution in [2.45, 2.75) is 26.7 Å². The van der Waals surface area contributed by atoms with E-state index in [4.69, 9.17) is 4.52 Å². The summed E-state index contributed by atoms with van der Waals surface area (Å²) in [5, 5.41) is 9.47. The molecule has 0 saturated carbocycles. The summed E-state index contributed by atoms with van der Waals surface area (Å²) < 4.78 is 5.10. The van der Waals surface area contributed by atoms with Crippen molar-refractivity contribution in [2.24, 2.45) is 5.92 Å². The van der Waals surface area contributed by atoms with Crippen LogP contribution >= 0.6 is 11.3 Å². The van der Waals surface area contributed by atoms with Crippen molar-refractivity contribution >= 4 is 17.2 Å². The lowest BCUT2D eigenvalue weighted by Crippen LogP contribution is -2.25. The van der Waals surface area contributed by atoms with Crippen LogP contribution in [0.2, 0.25) is 0 Å². The number of amides is 1. The fourth-order valence-electron chi connectivity index (χ4n) is 2.26. The van der Waals surface area contributed by atoms with E-state index in [-0.39, 0.29) is 11.7 Å². The van der Waals surface area contributed by atoms with Crippen LogP contribution in [0.3, 0.4) is 0 Å². The molecule has 0 bridgehead atoms. The predicted molar refractivity (Wildman–Crippen MR) is 94.2 cm³/mol. The van der Waals surface area contributed by atoms with E-state index in [1.54, 1.807) is 24.5 Å². The third kappa shape index (κ3) is 4.69. The molecule has 0 aliphatic rings. The Balaban J connectivity index is 1.50. The second kappa shape index (κ2) is 7.98. The van der Waals surface area contributed by atoms with Gasteiger partial charge in [0.15, 0.2) is 10.8 Å². The maximum Gasteiger partial charge on any atom is 0.289 e. The molecule has 0 aliphatic carbocycles. The first-order chi connectivity index (χ1) is 12.1. The van der Waals surface area contributed by atoms with Crippen LogP contribution in [0.1, 0.15) is 35.8 Å². The normalized spacial score (nSPS) is 11.0. The molecule has 0 atom stereocenters. The Bertz CT molecular complexity index is 828. The second-order valence-corrected chi connectivity index (χ2v) is 6.86. The largest absolute Gasteiger partial charge is 0.351 e. The van der Waals surface area contributed by atoms with Crippen molar-refractivity contribution in [1.29, 1.82) is 0 Å². The smallest absolute Gasteiger partial charge is 0.289 e. The van der Waals surface area contributed by atoms with Crippen molar-refractivity contribution in [1.82, 2.24) is 25.4 Å². The van der Waals surface area contributed by atoms with Crippen LogP contribution in [0.25, 0.3) is 10.8 Å². The Morgan fingerprint density at radius 3 is 2.84 bits per heavy atom. The number of carbonyl (C=O) groups excluding carboxylic acids is 1. The summed E-state index contributed by atoms with van der Waals surface area (Å²) in [7, 11) is 0. The summed E-state index contributed by atoms with van der Waals surface area (Å²) in [6.07, 6.45) is 4.80. The Kier molecular flexibility index (Phi) is 5.49. The molecule has 130 valence electrons. The van der Waals surface area contributed by atoms with E-state index in [1.807, 2.05) is 5.38 Å². The Labute approximate surface area is 149 Å². The van der Waals surface area contributed by atoms with Crippen molar-refractivity contribution in [2.75, 3.05) is 6.54 Å². The van der Waals surface area contributed by atoms with Gasteiger partial charge in [-0.15, -0.1) is 11.3 Å². The zero-order chi connectivity index (χ0) is 17.6. The molecule has 0 unspecified atom stereocenters. The highest BCUT2D eigenvalue weighted by Gasteiger charge is 2.14. The van der Waals surface area contributed by atoms with Gasteiger partial charge in [-0.3, -0.25) is 4.79 Å². The molecule has 7 nitrogen and oxygen atoms in total. The van der Waals surface area contributed by atoms with E-state index in [0.717, 1.165) is 22.8 Å². The quantitative estimate of drug-likeness (QED) is 0.699. The van der Waals surface area contributed by atoms with Gasteiger partial charge in [0.1, 0.15) is 0 Å². The van der Waals surface area contributed by atoms with Gasteiger partial charge >= 0.3 is 0 Å². The lowest BCUT2D eigenvalue weighted by Gasteiger charge is -2.00. The molecule has 0 fully saturated rings. The second-order valence-electron chi connectivity index (χ2n) is 6.00. The van der Waals surface area contributed by atoms with E-state index in [1.165, 1.54) is 11.3 Å². The Morgan fingerprint density at radius 2 is 2.08 bits per heavy atom. The first kappa shape index (κ1) is 17.2. The highest BCUT2D eigenvalue weighted by atomic mass is 32.1. The molecule has 0 radical (unpaired) electrons. The molecule has 1 amide bonds. The van der Waals surface area contributed by atoms with Crippen LogP contribution in [-0.2, 0) is 12.8 Å². The third-order valence-corrected chi connectivity index (χ3v) is 4.26. The third-order valence-electron chi connectivity index (χ3n) is 3.38. The molecule has 3 aromatic heterocycles. The number of aromatic nitrogens is 4. The van der Waals surface area contributed by atoms with Gasteiger partial charge in [0, 0.05) is 36.8 Å². The van der Waals surface area contributed by atoms with E-state index < -0.39 is 0 Å². The lowest BCUT2D eigenvalue weighted by molar-refractivity contribution is 0.0917. The summed E-state index contributed by atoms with van der Waals surface area (Å²) in [5.74, 6) is 1.06. The number of thiazole rings is 1. The maximum atomic E-state index is 12.1. The molecular formula is C17H19N5O2S.